The summed E-state index contributed by atoms with van der Waals surface area (Å²) in [6.07, 6.45) is -1.31. The molecule has 2 aliphatic heterocycles. The Kier molecular flexibility index (Phi) is 6.59. The quantitative estimate of drug-likeness (QED) is 0.400. The molecule has 4 rings (SSSR count). The summed E-state index contributed by atoms with van der Waals surface area (Å²) in [6.45, 7) is 3.49. The van der Waals surface area contributed by atoms with E-state index < -0.39 is 29.6 Å². The zero-order valence-electron chi connectivity index (χ0n) is 18.6. The predicted octanol–water partition coefficient (Wildman–Crippen LogP) is 1.07. The molecule has 2 fully saturated rings. The van der Waals surface area contributed by atoms with E-state index in [0.717, 1.165) is 16.7 Å². The smallest absolute Gasteiger partial charge is 0.420 e. The minimum absolute atomic E-state index is 0.0446. The van der Waals surface area contributed by atoms with Crippen molar-refractivity contribution in [2.45, 2.75) is 26.7 Å². The molecule has 1 amide bonds. The molecule has 2 saturated heterocycles. The van der Waals surface area contributed by atoms with Gasteiger partial charge in [0.2, 0.25) is 5.91 Å². The first-order chi connectivity index (χ1) is 16.2. The van der Waals surface area contributed by atoms with Gasteiger partial charge in [0.25, 0.3) is 6.29 Å². The van der Waals surface area contributed by atoms with Gasteiger partial charge in [-0.2, -0.15) is 0 Å². The molecule has 2 aromatic rings. The highest BCUT2D eigenvalue weighted by molar-refractivity contribution is 6.31. The van der Waals surface area contributed by atoms with E-state index in [9.17, 15) is 19.2 Å². The molecular weight excluding hydrogens is 444 g/mol. The van der Waals surface area contributed by atoms with Crippen molar-refractivity contribution in [2.75, 3.05) is 18.6 Å². The first-order valence-electron chi connectivity index (χ1n) is 10.6. The first kappa shape index (κ1) is 23.4. The van der Waals surface area contributed by atoms with Crippen molar-refractivity contribution in [3.63, 3.8) is 0 Å². The van der Waals surface area contributed by atoms with Crippen LogP contribution in [0.1, 0.15) is 19.4 Å². The van der Waals surface area contributed by atoms with Crippen molar-refractivity contribution in [1.82, 2.24) is 16.0 Å². The van der Waals surface area contributed by atoms with E-state index in [1.165, 1.54) is 13.8 Å². The normalized spacial score (nSPS) is 17.2. The van der Waals surface area contributed by atoms with Gasteiger partial charge in [-0.1, -0.05) is 36.4 Å². The molecule has 0 atom stereocenters. The van der Waals surface area contributed by atoms with Crippen LogP contribution in [0.2, 0.25) is 0 Å². The van der Waals surface area contributed by atoms with Gasteiger partial charge in [-0.05, 0) is 42.7 Å². The van der Waals surface area contributed by atoms with Gasteiger partial charge in [0, 0.05) is 12.2 Å². The van der Waals surface area contributed by atoms with E-state index in [1.54, 1.807) is 11.2 Å². The predicted molar refractivity (Wildman–Crippen MR) is 118 cm³/mol. The standard InChI is InChI=1S/C23H24N4O7/c1-23(2,22-33-19(29)20(30)34-22)21(31)26-16-8-9-17(14-6-4-3-5-7-14)15(10-16)11-24-27-13-32-18(28)12-25-27/h3-10,22,24-25H,11-13H2,1-2H3,(H,26,31). The number of hydrogen-bond acceptors (Lipinski definition) is 10. The summed E-state index contributed by atoms with van der Waals surface area (Å²) in [6, 6.07) is 15.2. The van der Waals surface area contributed by atoms with Crippen LogP contribution in [-0.4, -0.2) is 48.5 Å². The number of carbonyl (C=O) groups excluding carboxylic acids is 4. The molecule has 0 aliphatic carbocycles. The number of hydrogen-bond donors (Lipinski definition) is 3. The number of benzene rings is 2. The highest BCUT2D eigenvalue weighted by atomic mass is 16.8. The molecule has 11 nitrogen and oxygen atoms in total. The van der Waals surface area contributed by atoms with Crippen LogP contribution in [0.15, 0.2) is 48.5 Å². The molecule has 0 unspecified atom stereocenters. The lowest BCUT2D eigenvalue weighted by atomic mass is 9.91. The fourth-order valence-corrected chi connectivity index (χ4v) is 3.40. The molecule has 2 aliphatic rings. The zero-order valence-corrected chi connectivity index (χ0v) is 18.6. The average Bonchev–Trinajstić information content (AvgIpc) is 3.18. The Morgan fingerprint density at radius 1 is 1.09 bits per heavy atom. The van der Waals surface area contributed by atoms with Crippen molar-refractivity contribution < 1.29 is 33.4 Å². The summed E-state index contributed by atoms with van der Waals surface area (Å²) in [5.41, 5.74) is 8.02. The molecule has 0 radical (unpaired) electrons. The maximum Gasteiger partial charge on any atom is 0.420 e. The highest BCUT2D eigenvalue weighted by Gasteiger charge is 2.48. The minimum atomic E-state index is -1.32. The molecule has 178 valence electrons. The van der Waals surface area contributed by atoms with Crippen molar-refractivity contribution in [1.29, 1.82) is 0 Å². The summed E-state index contributed by atoms with van der Waals surface area (Å²) < 4.78 is 14.8. The number of esters is 3. The second-order valence-corrected chi connectivity index (χ2v) is 8.30. The van der Waals surface area contributed by atoms with Gasteiger partial charge >= 0.3 is 17.9 Å². The van der Waals surface area contributed by atoms with E-state index >= 15 is 0 Å². The number of nitrogens with zero attached hydrogens (tertiary/aromatic N) is 1. The van der Waals surface area contributed by atoms with Crippen molar-refractivity contribution in [2.24, 2.45) is 5.41 Å². The fourth-order valence-electron chi connectivity index (χ4n) is 3.40. The highest BCUT2D eigenvalue weighted by Crippen LogP contribution is 2.31. The Balaban J connectivity index is 1.53. The van der Waals surface area contributed by atoms with Gasteiger partial charge in [0.1, 0.15) is 12.0 Å². The van der Waals surface area contributed by atoms with Crippen LogP contribution in [0.5, 0.6) is 0 Å². The number of anilines is 1. The van der Waals surface area contributed by atoms with Crippen molar-refractivity contribution in [3.8, 4) is 11.1 Å². The lowest BCUT2D eigenvalue weighted by Crippen LogP contribution is -2.55. The molecule has 2 heterocycles. The van der Waals surface area contributed by atoms with E-state index in [4.69, 9.17) is 14.2 Å². The second-order valence-electron chi connectivity index (χ2n) is 8.30. The Hall–Kier alpha value is -3.80. The molecule has 2 aromatic carbocycles. The first-order valence-corrected chi connectivity index (χ1v) is 10.6. The maximum atomic E-state index is 13.0. The Morgan fingerprint density at radius 2 is 1.79 bits per heavy atom. The van der Waals surface area contributed by atoms with Gasteiger partial charge < -0.3 is 19.5 Å². The van der Waals surface area contributed by atoms with E-state index in [2.05, 4.69) is 16.2 Å². The summed E-state index contributed by atoms with van der Waals surface area (Å²) in [5.74, 6) is -3.07. The fraction of sp³-hybridized carbons (Fsp3) is 0.304. The number of amides is 1. The van der Waals surface area contributed by atoms with Gasteiger partial charge in [-0.15, -0.1) is 5.12 Å². The number of nitrogens with one attached hydrogen (secondary N) is 3. The number of carbonyl (C=O) groups is 4. The zero-order chi connectivity index (χ0) is 24.3. The SMILES string of the molecule is CC(C)(C(=O)Nc1ccc(-c2ccccc2)c(CNN2COC(=O)CN2)c1)C1OC(=O)C(=O)O1. The van der Waals surface area contributed by atoms with Crippen molar-refractivity contribution in [3.05, 3.63) is 54.1 Å². The van der Waals surface area contributed by atoms with Gasteiger partial charge in [0.05, 0.1) is 0 Å². The van der Waals surface area contributed by atoms with Crippen LogP contribution in [0.25, 0.3) is 11.1 Å². The summed E-state index contributed by atoms with van der Waals surface area (Å²) in [5, 5.41) is 4.37. The van der Waals surface area contributed by atoms with Crippen molar-refractivity contribution >= 4 is 29.5 Å². The lowest BCUT2D eigenvalue weighted by Gasteiger charge is -2.28. The number of hydrazine groups is 2. The van der Waals surface area contributed by atoms with E-state index in [-0.39, 0.29) is 19.2 Å². The van der Waals surface area contributed by atoms with Crippen LogP contribution < -0.4 is 16.2 Å². The maximum absolute atomic E-state index is 13.0. The Labute approximate surface area is 195 Å². The topological polar surface area (TPSA) is 135 Å². The van der Waals surface area contributed by atoms with Gasteiger partial charge in [-0.25, -0.2) is 20.4 Å². The van der Waals surface area contributed by atoms with Crippen LogP contribution >= 0.6 is 0 Å². The Bertz CT molecular complexity index is 1090. The summed E-state index contributed by atoms with van der Waals surface area (Å²) >= 11 is 0. The average molecular weight is 468 g/mol. The molecule has 0 spiro atoms. The van der Waals surface area contributed by atoms with Gasteiger partial charge in [0.15, 0.2) is 6.73 Å². The van der Waals surface area contributed by atoms with Gasteiger partial charge in [-0.3, -0.25) is 9.59 Å². The Morgan fingerprint density at radius 3 is 2.44 bits per heavy atom. The molecule has 0 bridgehead atoms. The summed E-state index contributed by atoms with van der Waals surface area (Å²) in [7, 11) is 0. The number of cyclic esters (lactones) is 3. The lowest BCUT2D eigenvalue weighted by molar-refractivity contribution is -0.165. The molecular formula is C23H24N4O7. The minimum Gasteiger partial charge on any atom is -0.446 e. The van der Waals surface area contributed by atoms with Crippen LogP contribution in [0.3, 0.4) is 0 Å². The second kappa shape index (κ2) is 9.59. The van der Waals surface area contributed by atoms with Crippen LogP contribution in [0, 0.1) is 5.41 Å². The van der Waals surface area contributed by atoms with E-state index in [0.29, 0.717) is 12.2 Å². The molecule has 11 heteroatoms. The number of ether oxygens (including phenoxy) is 3. The monoisotopic (exact) mass is 468 g/mol. The third-order valence-electron chi connectivity index (χ3n) is 5.45. The van der Waals surface area contributed by atoms with Crippen LogP contribution in [0.4, 0.5) is 5.69 Å². The third kappa shape index (κ3) is 5.06. The molecule has 0 saturated carbocycles. The molecule has 0 aromatic heterocycles. The molecule has 3 N–H and O–H groups in total. The third-order valence-corrected chi connectivity index (χ3v) is 5.45. The largest absolute Gasteiger partial charge is 0.446 e. The van der Waals surface area contributed by atoms with E-state index in [1.807, 2.05) is 42.5 Å². The van der Waals surface area contributed by atoms with Crippen LogP contribution in [-0.2, 0) is 39.9 Å². The summed E-state index contributed by atoms with van der Waals surface area (Å²) in [4.78, 5) is 47.0. The molecule has 34 heavy (non-hydrogen) atoms. The number of rotatable bonds is 7.